The zero-order valence-corrected chi connectivity index (χ0v) is 25.0. The number of hydrogen-bond donors (Lipinski definition) is 0. The maximum atomic E-state index is 13.3. The van der Waals surface area contributed by atoms with Gasteiger partial charge >= 0.3 is 17.9 Å². The molecular weight excluding hydrogens is 534 g/mol. The molecule has 0 bridgehead atoms. The van der Waals surface area contributed by atoms with E-state index in [-0.39, 0.29) is 29.6 Å². The van der Waals surface area contributed by atoms with Gasteiger partial charge in [0.15, 0.2) is 0 Å². The molecule has 0 N–H and O–H groups in total. The number of carbonyl (C=O) groups is 4. The predicted octanol–water partition coefficient (Wildman–Crippen LogP) is 6.24. The van der Waals surface area contributed by atoms with Crippen LogP contribution in [0.1, 0.15) is 58.3 Å². The van der Waals surface area contributed by atoms with Gasteiger partial charge in [0.2, 0.25) is 5.91 Å². The van der Waals surface area contributed by atoms with Crippen LogP contribution in [0.15, 0.2) is 97.1 Å². The van der Waals surface area contributed by atoms with Crippen molar-refractivity contribution in [3.05, 3.63) is 108 Å². The average Bonchev–Trinajstić information content (AvgIpc) is 2.94. The van der Waals surface area contributed by atoms with Crippen LogP contribution >= 0.6 is 0 Å². The highest BCUT2D eigenvalue weighted by Crippen LogP contribution is 2.26. The molecule has 0 saturated carbocycles. The van der Waals surface area contributed by atoms with Crippen LogP contribution in [0.25, 0.3) is 0 Å². The van der Waals surface area contributed by atoms with Gasteiger partial charge in [-0.15, -0.1) is 0 Å². The van der Waals surface area contributed by atoms with E-state index in [1.807, 2.05) is 19.1 Å². The van der Waals surface area contributed by atoms with Crippen molar-refractivity contribution < 1.29 is 33.4 Å². The molecule has 0 aliphatic carbocycles. The van der Waals surface area contributed by atoms with E-state index in [1.54, 1.807) is 69.0 Å². The highest BCUT2D eigenvalue weighted by Gasteiger charge is 2.28. The molecule has 8 nitrogen and oxygen atoms in total. The third kappa shape index (κ3) is 10.0. The lowest BCUT2D eigenvalue weighted by Crippen LogP contribution is -2.42. The Morgan fingerprint density at radius 1 is 0.690 bits per heavy atom. The van der Waals surface area contributed by atoms with Crippen molar-refractivity contribution in [2.45, 2.75) is 59.6 Å². The van der Waals surface area contributed by atoms with E-state index >= 15 is 0 Å². The number of ether oxygens (including phenoxy) is 3. The zero-order valence-electron chi connectivity index (χ0n) is 25.0. The second-order valence-electron chi connectivity index (χ2n) is 10.4. The maximum Gasteiger partial charge on any atom is 0.338 e. The summed E-state index contributed by atoms with van der Waals surface area (Å²) in [7, 11) is 0. The Morgan fingerprint density at radius 3 is 1.57 bits per heavy atom. The molecule has 1 amide bonds. The van der Waals surface area contributed by atoms with Crippen molar-refractivity contribution >= 4 is 23.8 Å². The SMILES string of the molecule is C=C(C)C(=O)Oc1ccc(CC[C@H](C)N(CC(OC(=O)C(=C)C)c2ccc(OC(=O)C(=C)C)cc2)C(=O)C(=C)C)cc1. The topological polar surface area (TPSA) is 99.2 Å². The first-order chi connectivity index (χ1) is 19.7. The van der Waals surface area contributed by atoms with Crippen LogP contribution in [0.2, 0.25) is 0 Å². The van der Waals surface area contributed by atoms with Crippen molar-refractivity contribution in [1.29, 1.82) is 0 Å². The second-order valence-corrected chi connectivity index (χ2v) is 10.4. The summed E-state index contributed by atoms with van der Waals surface area (Å²) in [5.41, 5.74) is 2.73. The first kappa shape index (κ1) is 33.5. The Balaban J connectivity index is 2.25. The number of hydrogen-bond acceptors (Lipinski definition) is 7. The first-order valence-electron chi connectivity index (χ1n) is 13.5. The molecular formula is C34H39NO7. The van der Waals surface area contributed by atoms with Crippen molar-refractivity contribution in [2.75, 3.05) is 6.54 Å². The van der Waals surface area contributed by atoms with Crippen LogP contribution in [0.3, 0.4) is 0 Å². The lowest BCUT2D eigenvalue weighted by molar-refractivity contribution is -0.148. The average molecular weight is 574 g/mol. The first-order valence-corrected chi connectivity index (χ1v) is 13.5. The Labute approximate surface area is 248 Å². The summed E-state index contributed by atoms with van der Waals surface area (Å²) in [5, 5.41) is 0. The highest BCUT2D eigenvalue weighted by molar-refractivity contribution is 5.92. The van der Waals surface area contributed by atoms with E-state index in [2.05, 4.69) is 26.3 Å². The molecule has 0 fully saturated rings. The molecule has 1 unspecified atom stereocenters. The minimum Gasteiger partial charge on any atom is -0.452 e. The van der Waals surface area contributed by atoms with E-state index < -0.39 is 24.0 Å². The summed E-state index contributed by atoms with van der Waals surface area (Å²) < 4.78 is 16.3. The van der Waals surface area contributed by atoms with Crippen molar-refractivity contribution in [3.8, 4) is 11.5 Å². The Kier molecular flexibility index (Phi) is 12.2. The van der Waals surface area contributed by atoms with Gasteiger partial charge in [-0.3, -0.25) is 4.79 Å². The van der Waals surface area contributed by atoms with Gasteiger partial charge in [0, 0.05) is 28.3 Å². The number of nitrogens with zero attached hydrogens (tertiary/aromatic N) is 1. The third-order valence-electron chi connectivity index (χ3n) is 6.26. The molecule has 0 spiro atoms. The highest BCUT2D eigenvalue weighted by atomic mass is 16.5. The summed E-state index contributed by atoms with van der Waals surface area (Å²) in [5.74, 6) is -1.19. The molecule has 0 radical (unpaired) electrons. The van der Waals surface area contributed by atoms with Crippen LogP contribution < -0.4 is 9.47 Å². The van der Waals surface area contributed by atoms with E-state index in [9.17, 15) is 19.2 Å². The van der Waals surface area contributed by atoms with Gasteiger partial charge in [0.25, 0.3) is 0 Å². The van der Waals surface area contributed by atoms with E-state index in [0.717, 1.165) is 5.56 Å². The summed E-state index contributed by atoms with van der Waals surface area (Å²) in [6.45, 7) is 22.9. The van der Waals surface area contributed by atoms with E-state index in [1.165, 1.54) is 0 Å². The normalized spacial score (nSPS) is 11.8. The molecule has 2 aromatic rings. The number of benzene rings is 2. The lowest BCUT2D eigenvalue weighted by Gasteiger charge is -2.33. The smallest absolute Gasteiger partial charge is 0.338 e. The fourth-order valence-electron chi connectivity index (χ4n) is 3.72. The van der Waals surface area contributed by atoms with E-state index in [0.29, 0.717) is 41.1 Å². The molecule has 2 rings (SSSR count). The second kappa shape index (κ2) is 15.3. The number of rotatable bonds is 14. The minimum absolute atomic E-state index is 0.0621. The lowest BCUT2D eigenvalue weighted by atomic mass is 10.0. The Bertz CT molecular complexity index is 1370. The molecule has 0 aromatic heterocycles. The Hall–Kier alpha value is -4.72. The number of esters is 3. The Morgan fingerprint density at radius 2 is 1.14 bits per heavy atom. The van der Waals surface area contributed by atoms with Gasteiger partial charge in [-0.1, -0.05) is 50.6 Å². The molecule has 0 saturated heterocycles. The fourth-order valence-corrected chi connectivity index (χ4v) is 3.72. The molecule has 0 heterocycles. The zero-order chi connectivity index (χ0) is 31.6. The van der Waals surface area contributed by atoms with Crippen LogP contribution in [0.4, 0.5) is 0 Å². The standard InChI is InChI=1S/C34H39NO7/c1-21(2)31(36)35(25(9)10-11-26-12-16-28(17-13-26)40-32(37)22(3)4)20-30(42-34(39)24(7)8)27-14-18-29(19-15-27)41-33(38)23(5)6/h12-19,25,30H,1,3,5,7,10-11,20H2,2,4,6,8-9H3/t25-,30?/m0/s1. The minimum atomic E-state index is -0.826. The van der Waals surface area contributed by atoms with Gasteiger partial charge in [-0.05, 0) is 82.9 Å². The molecule has 8 heteroatoms. The summed E-state index contributed by atoms with van der Waals surface area (Å²) in [6.07, 6.45) is 0.406. The largest absolute Gasteiger partial charge is 0.452 e. The number of aryl methyl sites for hydroxylation is 1. The van der Waals surface area contributed by atoms with Crippen molar-refractivity contribution in [1.82, 2.24) is 4.90 Å². The van der Waals surface area contributed by atoms with Gasteiger partial charge in [0.1, 0.15) is 17.6 Å². The molecule has 42 heavy (non-hydrogen) atoms. The quantitative estimate of drug-likeness (QED) is 0.150. The molecule has 2 atom stereocenters. The number of carbonyl (C=O) groups excluding carboxylic acids is 4. The van der Waals surface area contributed by atoms with Gasteiger partial charge in [-0.2, -0.15) is 0 Å². The number of amides is 1. The molecule has 2 aromatic carbocycles. The van der Waals surface area contributed by atoms with Crippen LogP contribution in [0, 0.1) is 0 Å². The van der Waals surface area contributed by atoms with Crippen LogP contribution in [-0.2, 0) is 30.3 Å². The van der Waals surface area contributed by atoms with E-state index in [4.69, 9.17) is 14.2 Å². The molecule has 222 valence electrons. The van der Waals surface area contributed by atoms with Crippen LogP contribution in [0.5, 0.6) is 11.5 Å². The molecule has 0 aliphatic heterocycles. The summed E-state index contributed by atoms with van der Waals surface area (Å²) >= 11 is 0. The monoisotopic (exact) mass is 573 g/mol. The third-order valence-corrected chi connectivity index (χ3v) is 6.26. The summed E-state index contributed by atoms with van der Waals surface area (Å²) in [6, 6.07) is 13.4. The molecule has 0 aliphatic rings. The summed E-state index contributed by atoms with van der Waals surface area (Å²) in [4.78, 5) is 51.1. The fraction of sp³-hybridized carbons (Fsp3) is 0.294. The van der Waals surface area contributed by atoms with Crippen molar-refractivity contribution in [2.24, 2.45) is 0 Å². The maximum absolute atomic E-state index is 13.3. The van der Waals surface area contributed by atoms with Crippen molar-refractivity contribution in [3.63, 3.8) is 0 Å². The van der Waals surface area contributed by atoms with Gasteiger partial charge in [-0.25, -0.2) is 14.4 Å². The van der Waals surface area contributed by atoms with Gasteiger partial charge < -0.3 is 19.1 Å². The van der Waals surface area contributed by atoms with Crippen LogP contribution in [-0.4, -0.2) is 41.3 Å². The predicted molar refractivity (Wildman–Crippen MR) is 162 cm³/mol. The van der Waals surface area contributed by atoms with Gasteiger partial charge in [0.05, 0.1) is 6.54 Å².